The molecule has 94 valence electrons. The van der Waals surface area contributed by atoms with Crippen molar-refractivity contribution < 1.29 is 9.32 Å². The molecule has 0 aliphatic carbocycles. The fourth-order valence-electron chi connectivity index (χ4n) is 1.83. The molecule has 1 aromatic heterocycles. The summed E-state index contributed by atoms with van der Waals surface area (Å²) in [6, 6.07) is 9.40. The Bertz CT molecular complexity index is 560. The van der Waals surface area contributed by atoms with E-state index in [1.807, 2.05) is 44.2 Å². The summed E-state index contributed by atoms with van der Waals surface area (Å²) < 4.78 is 4.99. The summed E-state index contributed by atoms with van der Waals surface area (Å²) in [5.74, 6) is 0.746. The van der Waals surface area contributed by atoms with Crippen LogP contribution in [-0.4, -0.2) is 23.0 Å². The molecule has 0 saturated heterocycles. The Kier molecular flexibility index (Phi) is 3.46. The van der Waals surface area contributed by atoms with Crippen molar-refractivity contribution in [3.63, 3.8) is 0 Å². The van der Waals surface area contributed by atoms with Crippen LogP contribution >= 0.6 is 0 Å². The van der Waals surface area contributed by atoms with Crippen molar-refractivity contribution in [2.75, 3.05) is 7.05 Å². The lowest BCUT2D eigenvalue weighted by molar-refractivity contribution is 0.0781. The summed E-state index contributed by atoms with van der Waals surface area (Å²) in [4.78, 5) is 13.9. The molecule has 2 aromatic rings. The van der Waals surface area contributed by atoms with Gasteiger partial charge in [0, 0.05) is 18.7 Å². The van der Waals surface area contributed by atoms with Crippen LogP contribution in [0.3, 0.4) is 0 Å². The molecular weight excluding hydrogens is 228 g/mol. The molecule has 0 atom stereocenters. The molecule has 4 nitrogen and oxygen atoms in total. The molecule has 0 bridgehead atoms. The zero-order valence-electron chi connectivity index (χ0n) is 10.8. The van der Waals surface area contributed by atoms with Crippen LogP contribution in [0.5, 0.6) is 0 Å². The van der Waals surface area contributed by atoms with Gasteiger partial charge in [-0.25, -0.2) is 0 Å². The predicted octanol–water partition coefficient (Wildman–Crippen LogP) is 2.56. The van der Waals surface area contributed by atoms with Crippen LogP contribution in [0.4, 0.5) is 0 Å². The molecule has 1 aromatic carbocycles. The van der Waals surface area contributed by atoms with Gasteiger partial charge in [0.05, 0.1) is 6.54 Å². The molecule has 0 saturated carbocycles. The molecular formula is C14H16N2O2. The largest absolute Gasteiger partial charge is 0.361 e. The molecule has 2 rings (SSSR count). The highest BCUT2D eigenvalue weighted by Crippen LogP contribution is 2.12. The maximum Gasteiger partial charge on any atom is 0.254 e. The summed E-state index contributed by atoms with van der Waals surface area (Å²) in [7, 11) is 1.76. The lowest BCUT2D eigenvalue weighted by Crippen LogP contribution is -2.26. The lowest BCUT2D eigenvalue weighted by atomic mass is 10.1. The molecule has 0 radical (unpaired) electrons. The van der Waals surface area contributed by atoms with Crippen molar-refractivity contribution >= 4 is 5.91 Å². The number of amides is 1. The number of hydrogen-bond acceptors (Lipinski definition) is 3. The van der Waals surface area contributed by atoms with Gasteiger partial charge in [0.15, 0.2) is 0 Å². The Morgan fingerprint density at radius 3 is 2.67 bits per heavy atom. The second kappa shape index (κ2) is 5.04. The summed E-state index contributed by atoms with van der Waals surface area (Å²) in [6.07, 6.45) is 0. The quantitative estimate of drug-likeness (QED) is 0.833. The first-order chi connectivity index (χ1) is 8.58. The topological polar surface area (TPSA) is 46.3 Å². The van der Waals surface area contributed by atoms with Crippen LogP contribution in [0, 0.1) is 13.8 Å². The third-order valence-electron chi connectivity index (χ3n) is 2.80. The fraction of sp³-hybridized carbons (Fsp3) is 0.286. The highest BCUT2D eigenvalue weighted by atomic mass is 16.5. The molecule has 1 heterocycles. The number of aryl methyl sites for hydroxylation is 2. The van der Waals surface area contributed by atoms with E-state index in [0.29, 0.717) is 6.54 Å². The van der Waals surface area contributed by atoms with Crippen molar-refractivity contribution in [3.05, 3.63) is 52.9 Å². The van der Waals surface area contributed by atoms with Crippen LogP contribution in [0.25, 0.3) is 0 Å². The number of rotatable bonds is 3. The van der Waals surface area contributed by atoms with E-state index in [2.05, 4.69) is 5.16 Å². The normalized spacial score (nSPS) is 10.4. The average Bonchev–Trinajstić information content (AvgIpc) is 2.74. The Labute approximate surface area is 106 Å². The van der Waals surface area contributed by atoms with Crippen molar-refractivity contribution in [3.8, 4) is 0 Å². The van der Waals surface area contributed by atoms with Crippen molar-refractivity contribution in [2.45, 2.75) is 20.4 Å². The standard InChI is InChI=1S/C14H16N2O2/c1-10-6-4-5-7-13(10)14(17)16(3)9-12-8-11(2)18-15-12/h4-8H,9H2,1-3H3. The van der Waals surface area contributed by atoms with E-state index in [4.69, 9.17) is 4.52 Å². The molecule has 0 unspecified atom stereocenters. The number of nitrogens with zero attached hydrogens (tertiary/aromatic N) is 2. The zero-order chi connectivity index (χ0) is 13.1. The van der Waals surface area contributed by atoms with Crippen LogP contribution in [0.1, 0.15) is 27.4 Å². The molecule has 4 heteroatoms. The van der Waals surface area contributed by atoms with Gasteiger partial charge in [-0.05, 0) is 25.5 Å². The molecule has 18 heavy (non-hydrogen) atoms. The van der Waals surface area contributed by atoms with Gasteiger partial charge in [-0.2, -0.15) is 0 Å². The summed E-state index contributed by atoms with van der Waals surface area (Å²) >= 11 is 0. The highest BCUT2D eigenvalue weighted by molar-refractivity contribution is 5.95. The van der Waals surface area contributed by atoms with Gasteiger partial charge in [0.1, 0.15) is 11.5 Å². The van der Waals surface area contributed by atoms with Gasteiger partial charge < -0.3 is 9.42 Å². The van der Waals surface area contributed by atoms with Crippen LogP contribution in [0.15, 0.2) is 34.9 Å². The fourth-order valence-corrected chi connectivity index (χ4v) is 1.83. The SMILES string of the molecule is Cc1cc(CN(C)C(=O)c2ccccc2C)no1. The maximum atomic E-state index is 12.2. The minimum Gasteiger partial charge on any atom is -0.361 e. The molecule has 0 spiro atoms. The molecule has 1 amide bonds. The molecule has 0 N–H and O–H groups in total. The minimum absolute atomic E-state index is 0.00578. The monoisotopic (exact) mass is 244 g/mol. The van der Waals surface area contributed by atoms with Crippen molar-refractivity contribution in [1.29, 1.82) is 0 Å². The smallest absolute Gasteiger partial charge is 0.254 e. The minimum atomic E-state index is -0.00578. The van der Waals surface area contributed by atoms with E-state index in [1.54, 1.807) is 11.9 Å². The first-order valence-electron chi connectivity index (χ1n) is 5.81. The Morgan fingerprint density at radius 2 is 2.06 bits per heavy atom. The summed E-state index contributed by atoms with van der Waals surface area (Å²) in [6.45, 7) is 4.21. The van der Waals surface area contributed by atoms with E-state index >= 15 is 0 Å². The maximum absolute atomic E-state index is 12.2. The van der Waals surface area contributed by atoms with Crippen LogP contribution < -0.4 is 0 Å². The number of benzene rings is 1. The second-order valence-corrected chi connectivity index (χ2v) is 4.41. The Morgan fingerprint density at radius 1 is 1.33 bits per heavy atom. The van der Waals surface area contributed by atoms with E-state index in [-0.39, 0.29) is 5.91 Å². The molecule has 0 aliphatic heterocycles. The highest BCUT2D eigenvalue weighted by Gasteiger charge is 2.15. The first-order valence-corrected chi connectivity index (χ1v) is 5.81. The van der Waals surface area contributed by atoms with E-state index in [9.17, 15) is 4.79 Å². The number of carbonyl (C=O) groups excluding carboxylic acids is 1. The van der Waals surface area contributed by atoms with Crippen molar-refractivity contribution in [1.82, 2.24) is 10.1 Å². The molecule has 0 fully saturated rings. The van der Waals surface area contributed by atoms with Crippen LogP contribution in [0.2, 0.25) is 0 Å². The van der Waals surface area contributed by atoms with Gasteiger partial charge in [-0.1, -0.05) is 23.4 Å². The number of carbonyl (C=O) groups is 1. The average molecular weight is 244 g/mol. The second-order valence-electron chi connectivity index (χ2n) is 4.41. The zero-order valence-corrected chi connectivity index (χ0v) is 10.8. The van der Waals surface area contributed by atoms with E-state index < -0.39 is 0 Å². The van der Waals surface area contributed by atoms with Crippen molar-refractivity contribution in [2.24, 2.45) is 0 Å². The Hall–Kier alpha value is -2.10. The van der Waals surface area contributed by atoms with Gasteiger partial charge >= 0.3 is 0 Å². The third-order valence-corrected chi connectivity index (χ3v) is 2.80. The van der Waals surface area contributed by atoms with Gasteiger partial charge in [0.2, 0.25) is 0 Å². The van der Waals surface area contributed by atoms with E-state index in [0.717, 1.165) is 22.6 Å². The lowest BCUT2D eigenvalue weighted by Gasteiger charge is -2.16. The third kappa shape index (κ3) is 2.59. The number of aromatic nitrogens is 1. The summed E-state index contributed by atoms with van der Waals surface area (Å²) in [5.41, 5.74) is 2.46. The van der Waals surface area contributed by atoms with Gasteiger partial charge in [-0.15, -0.1) is 0 Å². The van der Waals surface area contributed by atoms with E-state index in [1.165, 1.54) is 0 Å². The summed E-state index contributed by atoms with van der Waals surface area (Å²) in [5, 5.41) is 3.89. The van der Waals surface area contributed by atoms with Gasteiger partial charge in [0.25, 0.3) is 5.91 Å². The predicted molar refractivity (Wildman–Crippen MR) is 68.2 cm³/mol. The molecule has 0 aliphatic rings. The Balaban J connectivity index is 2.12. The first kappa shape index (κ1) is 12.4. The van der Waals surface area contributed by atoms with Crippen LogP contribution in [-0.2, 0) is 6.54 Å². The van der Waals surface area contributed by atoms with Gasteiger partial charge in [-0.3, -0.25) is 4.79 Å². The number of hydrogen-bond donors (Lipinski definition) is 0.